The van der Waals surface area contributed by atoms with Gasteiger partial charge in [-0.25, -0.2) is 9.59 Å². The van der Waals surface area contributed by atoms with Crippen LogP contribution in [-0.2, 0) is 11.2 Å². The van der Waals surface area contributed by atoms with Crippen LogP contribution in [0.1, 0.15) is 12.5 Å². The molecule has 25 heavy (non-hydrogen) atoms. The molecule has 0 aliphatic carbocycles. The van der Waals surface area contributed by atoms with Crippen molar-refractivity contribution in [1.82, 2.24) is 5.32 Å². The second-order valence-electron chi connectivity index (χ2n) is 5.07. The quantitative estimate of drug-likeness (QED) is 0.552. The van der Waals surface area contributed by atoms with Crippen LogP contribution in [0, 0.1) is 0 Å². The van der Waals surface area contributed by atoms with Crippen molar-refractivity contribution in [2.75, 3.05) is 18.5 Å². The Morgan fingerprint density at radius 1 is 1.04 bits per heavy atom. The fourth-order valence-electron chi connectivity index (χ4n) is 2.00. The first-order valence-corrected chi connectivity index (χ1v) is 8.60. The lowest BCUT2D eigenvalue weighted by Crippen LogP contribution is -2.30. The number of halogens is 1. The average Bonchev–Trinajstić information content (AvgIpc) is 2.59. The van der Waals surface area contributed by atoms with Gasteiger partial charge in [-0.15, -0.1) is 0 Å². The van der Waals surface area contributed by atoms with Crippen molar-refractivity contribution in [3.63, 3.8) is 0 Å². The third-order valence-corrected chi connectivity index (χ3v) is 3.72. The number of nitrogens with one attached hydrogen (secondary N) is 2. The van der Waals surface area contributed by atoms with Crippen molar-refractivity contribution in [2.45, 2.75) is 13.3 Å². The molecule has 7 heteroatoms. The number of hydrogen-bond donors (Lipinski definition) is 2. The van der Waals surface area contributed by atoms with E-state index in [0.29, 0.717) is 18.0 Å². The van der Waals surface area contributed by atoms with Crippen molar-refractivity contribution in [3.8, 4) is 5.75 Å². The first-order valence-electron chi connectivity index (χ1n) is 7.81. The summed E-state index contributed by atoms with van der Waals surface area (Å²) in [5.41, 5.74) is 1.74. The molecule has 0 aliphatic heterocycles. The van der Waals surface area contributed by atoms with Gasteiger partial charge in [-0.3, -0.25) is 0 Å². The summed E-state index contributed by atoms with van der Waals surface area (Å²) in [5.74, 6) is 0.347. The highest BCUT2D eigenvalue weighted by Gasteiger charge is 2.06. The molecular formula is C18H19BrN2O4. The van der Waals surface area contributed by atoms with Gasteiger partial charge < -0.3 is 20.1 Å². The predicted octanol–water partition coefficient (Wildman–Crippen LogP) is 4.35. The molecule has 2 rings (SSSR count). The van der Waals surface area contributed by atoms with Crippen LogP contribution in [0.4, 0.5) is 15.3 Å². The molecule has 132 valence electrons. The fourth-order valence-corrected chi connectivity index (χ4v) is 2.26. The molecular weight excluding hydrogens is 388 g/mol. The van der Waals surface area contributed by atoms with E-state index in [0.717, 1.165) is 16.5 Å². The molecule has 0 aliphatic rings. The zero-order valence-corrected chi connectivity index (χ0v) is 15.3. The van der Waals surface area contributed by atoms with E-state index in [2.05, 4.69) is 31.3 Å². The van der Waals surface area contributed by atoms with E-state index in [4.69, 9.17) is 4.74 Å². The Morgan fingerprint density at radius 2 is 1.72 bits per heavy atom. The third kappa shape index (κ3) is 6.84. The SMILES string of the molecule is CCOC(=O)Oc1ccc(NC(=O)NCCc2ccc(Br)cc2)cc1. The Balaban J connectivity index is 1.74. The Hall–Kier alpha value is -2.54. The summed E-state index contributed by atoms with van der Waals surface area (Å²) in [4.78, 5) is 23.1. The summed E-state index contributed by atoms with van der Waals surface area (Å²) >= 11 is 3.39. The van der Waals surface area contributed by atoms with Gasteiger partial charge in [0.05, 0.1) is 6.61 Å². The number of hydrogen-bond acceptors (Lipinski definition) is 4. The molecule has 2 aromatic carbocycles. The zero-order chi connectivity index (χ0) is 18.1. The van der Waals surface area contributed by atoms with Crippen molar-refractivity contribution < 1.29 is 19.1 Å². The number of urea groups is 1. The fraction of sp³-hybridized carbons (Fsp3) is 0.222. The van der Waals surface area contributed by atoms with Gasteiger partial charge in [-0.05, 0) is 55.3 Å². The van der Waals surface area contributed by atoms with E-state index in [9.17, 15) is 9.59 Å². The minimum atomic E-state index is -0.756. The van der Waals surface area contributed by atoms with Crippen LogP contribution < -0.4 is 15.4 Å². The van der Waals surface area contributed by atoms with Crippen molar-refractivity contribution >= 4 is 33.8 Å². The second kappa shape index (κ2) is 9.68. The molecule has 0 radical (unpaired) electrons. The first-order chi connectivity index (χ1) is 12.1. The summed E-state index contributed by atoms with van der Waals surface area (Å²) in [6.45, 7) is 2.47. The summed E-state index contributed by atoms with van der Waals surface area (Å²) in [5, 5.41) is 5.50. The van der Waals surface area contributed by atoms with Gasteiger partial charge in [0.1, 0.15) is 5.75 Å². The van der Waals surface area contributed by atoms with Gasteiger partial charge in [-0.2, -0.15) is 0 Å². The van der Waals surface area contributed by atoms with Crippen molar-refractivity contribution in [1.29, 1.82) is 0 Å². The Morgan fingerprint density at radius 3 is 2.36 bits per heavy atom. The maximum Gasteiger partial charge on any atom is 0.513 e. The highest BCUT2D eigenvalue weighted by Crippen LogP contribution is 2.16. The molecule has 2 amide bonds. The number of ether oxygens (including phenoxy) is 2. The Bertz CT molecular complexity index is 702. The van der Waals surface area contributed by atoms with Gasteiger partial charge in [-0.1, -0.05) is 28.1 Å². The molecule has 2 N–H and O–H groups in total. The summed E-state index contributed by atoms with van der Waals surface area (Å²) < 4.78 is 10.7. The molecule has 6 nitrogen and oxygen atoms in total. The number of amides is 2. The molecule has 0 aromatic heterocycles. The van der Waals surface area contributed by atoms with Crippen LogP contribution in [0.15, 0.2) is 53.0 Å². The highest BCUT2D eigenvalue weighted by molar-refractivity contribution is 9.10. The number of benzene rings is 2. The summed E-state index contributed by atoms with van der Waals surface area (Å²) in [6.07, 6.45) is -0.0126. The van der Waals surface area contributed by atoms with Crippen LogP contribution in [-0.4, -0.2) is 25.3 Å². The largest absolute Gasteiger partial charge is 0.513 e. The zero-order valence-electron chi connectivity index (χ0n) is 13.8. The molecule has 2 aromatic rings. The maximum atomic E-state index is 11.9. The van der Waals surface area contributed by atoms with Gasteiger partial charge in [0.2, 0.25) is 0 Å². The summed E-state index contributed by atoms with van der Waals surface area (Å²) in [6, 6.07) is 14.1. The second-order valence-corrected chi connectivity index (χ2v) is 5.98. The topological polar surface area (TPSA) is 76.7 Å². The van der Waals surface area contributed by atoms with Crippen molar-refractivity contribution in [3.05, 3.63) is 58.6 Å². The number of carbonyl (C=O) groups excluding carboxylic acids is 2. The molecule has 0 spiro atoms. The van der Waals surface area contributed by atoms with E-state index in [1.54, 1.807) is 31.2 Å². The third-order valence-electron chi connectivity index (χ3n) is 3.19. The molecule has 0 atom stereocenters. The van der Waals surface area contributed by atoms with Gasteiger partial charge in [0.15, 0.2) is 0 Å². The van der Waals surface area contributed by atoms with Gasteiger partial charge >= 0.3 is 12.2 Å². The monoisotopic (exact) mass is 406 g/mol. The van der Waals surface area contributed by atoms with Crippen LogP contribution in [0.2, 0.25) is 0 Å². The van der Waals surface area contributed by atoms with E-state index in [1.165, 1.54) is 0 Å². The normalized spacial score (nSPS) is 10.0. The van der Waals surface area contributed by atoms with Crippen LogP contribution in [0.5, 0.6) is 5.75 Å². The Labute approximate surface area is 154 Å². The standard InChI is InChI=1S/C18H19BrN2O4/c1-2-24-18(23)25-16-9-7-15(8-10-16)21-17(22)20-12-11-13-3-5-14(19)6-4-13/h3-10H,2,11-12H2,1H3,(H2,20,21,22). The predicted molar refractivity (Wildman–Crippen MR) is 99.0 cm³/mol. The van der Waals surface area contributed by atoms with E-state index < -0.39 is 6.16 Å². The highest BCUT2D eigenvalue weighted by atomic mass is 79.9. The number of rotatable bonds is 6. The first kappa shape index (κ1) is 18.8. The molecule has 0 saturated heterocycles. The minimum Gasteiger partial charge on any atom is -0.434 e. The Kier molecular flexibility index (Phi) is 7.28. The van der Waals surface area contributed by atoms with Crippen LogP contribution in [0.25, 0.3) is 0 Å². The van der Waals surface area contributed by atoms with Gasteiger partial charge in [0.25, 0.3) is 0 Å². The van der Waals surface area contributed by atoms with E-state index in [1.807, 2.05) is 24.3 Å². The maximum absolute atomic E-state index is 11.9. The smallest absolute Gasteiger partial charge is 0.434 e. The molecule has 0 unspecified atom stereocenters. The molecule has 0 heterocycles. The summed E-state index contributed by atoms with van der Waals surface area (Å²) in [7, 11) is 0. The van der Waals surface area contributed by atoms with Crippen LogP contribution >= 0.6 is 15.9 Å². The van der Waals surface area contributed by atoms with Gasteiger partial charge in [0, 0.05) is 16.7 Å². The van der Waals surface area contributed by atoms with E-state index >= 15 is 0 Å². The minimum absolute atomic E-state index is 0.249. The molecule has 0 bridgehead atoms. The van der Waals surface area contributed by atoms with Crippen molar-refractivity contribution in [2.24, 2.45) is 0 Å². The molecule has 0 fully saturated rings. The number of carbonyl (C=O) groups is 2. The molecule has 0 saturated carbocycles. The lowest BCUT2D eigenvalue weighted by Gasteiger charge is -2.09. The van der Waals surface area contributed by atoms with E-state index in [-0.39, 0.29) is 12.6 Å². The lowest BCUT2D eigenvalue weighted by atomic mass is 10.1. The lowest BCUT2D eigenvalue weighted by molar-refractivity contribution is 0.104. The van der Waals surface area contributed by atoms with Crippen LogP contribution in [0.3, 0.4) is 0 Å². The average molecular weight is 407 g/mol. The number of anilines is 1.